The summed E-state index contributed by atoms with van der Waals surface area (Å²) in [5, 5.41) is -0.0648. The van der Waals surface area contributed by atoms with Crippen molar-refractivity contribution in [2.75, 3.05) is 6.79 Å². The summed E-state index contributed by atoms with van der Waals surface area (Å²) >= 11 is 6.57. The van der Waals surface area contributed by atoms with Crippen LogP contribution in [0, 0.1) is 13.8 Å². The van der Waals surface area contributed by atoms with Gasteiger partial charge in [0.05, 0.1) is 5.38 Å². The molecule has 0 bridgehead atoms. The van der Waals surface area contributed by atoms with Crippen molar-refractivity contribution >= 4 is 11.6 Å². The first-order valence-corrected chi connectivity index (χ1v) is 7.17. The van der Waals surface area contributed by atoms with Crippen LogP contribution in [-0.2, 0) is 6.42 Å². The van der Waals surface area contributed by atoms with E-state index >= 15 is 0 Å². The van der Waals surface area contributed by atoms with Crippen molar-refractivity contribution in [1.29, 1.82) is 0 Å². The van der Waals surface area contributed by atoms with Crippen LogP contribution in [-0.4, -0.2) is 6.79 Å². The molecule has 0 fully saturated rings. The van der Waals surface area contributed by atoms with Crippen LogP contribution >= 0.6 is 11.6 Å². The predicted octanol–water partition coefficient (Wildman–Crippen LogP) is 4.55. The van der Waals surface area contributed by atoms with Gasteiger partial charge in [0, 0.05) is 0 Å². The number of alkyl halides is 1. The van der Waals surface area contributed by atoms with E-state index in [9.17, 15) is 0 Å². The highest BCUT2D eigenvalue weighted by molar-refractivity contribution is 6.21. The zero-order valence-electron chi connectivity index (χ0n) is 11.7. The van der Waals surface area contributed by atoms with Gasteiger partial charge in [-0.3, -0.25) is 0 Å². The summed E-state index contributed by atoms with van der Waals surface area (Å²) in [5.41, 5.74) is 4.90. The van der Waals surface area contributed by atoms with E-state index in [2.05, 4.69) is 32.0 Å². The minimum Gasteiger partial charge on any atom is -0.454 e. The molecule has 104 valence electrons. The monoisotopic (exact) mass is 288 g/mol. The largest absolute Gasteiger partial charge is 0.454 e. The third-order valence-corrected chi connectivity index (χ3v) is 4.07. The molecule has 1 aliphatic rings. The van der Waals surface area contributed by atoms with Gasteiger partial charge in [-0.25, -0.2) is 0 Å². The Bertz CT molecular complexity index is 637. The van der Waals surface area contributed by atoms with Crippen molar-refractivity contribution in [3.8, 4) is 11.5 Å². The Morgan fingerprint density at radius 2 is 1.85 bits per heavy atom. The van der Waals surface area contributed by atoms with Gasteiger partial charge in [0.15, 0.2) is 11.5 Å². The maximum Gasteiger partial charge on any atom is 0.231 e. The lowest BCUT2D eigenvalue weighted by atomic mass is 9.98. The van der Waals surface area contributed by atoms with Crippen molar-refractivity contribution in [1.82, 2.24) is 0 Å². The Kier molecular flexibility index (Phi) is 3.58. The topological polar surface area (TPSA) is 18.5 Å². The van der Waals surface area contributed by atoms with Crippen molar-refractivity contribution in [3.63, 3.8) is 0 Å². The summed E-state index contributed by atoms with van der Waals surface area (Å²) < 4.78 is 10.7. The number of benzene rings is 2. The molecule has 1 heterocycles. The van der Waals surface area contributed by atoms with E-state index in [0.29, 0.717) is 6.79 Å². The molecule has 0 aromatic heterocycles. The van der Waals surface area contributed by atoms with Crippen LogP contribution in [0.3, 0.4) is 0 Å². The maximum absolute atomic E-state index is 6.57. The predicted molar refractivity (Wildman–Crippen MR) is 80.8 cm³/mol. The van der Waals surface area contributed by atoms with E-state index in [1.807, 2.05) is 18.2 Å². The van der Waals surface area contributed by atoms with Crippen LogP contribution in [0.25, 0.3) is 0 Å². The minimum absolute atomic E-state index is 0.0648. The first kappa shape index (κ1) is 13.3. The standard InChI is InChI=1S/C17H17ClO2/c1-11-3-4-12(2)14(7-11)8-15(18)13-5-6-16-17(9-13)20-10-19-16/h3-7,9,15H,8,10H2,1-2H3. The molecule has 0 radical (unpaired) electrons. The van der Waals surface area contributed by atoms with E-state index in [1.54, 1.807) is 0 Å². The van der Waals surface area contributed by atoms with Crippen molar-refractivity contribution in [2.45, 2.75) is 25.6 Å². The van der Waals surface area contributed by atoms with Crippen molar-refractivity contribution in [3.05, 3.63) is 58.7 Å². The molecule has 3 rings (SSSR count). The van der Waals surface area contributed by atoms with E-state index in [0.717, 1.165) is 23.5 Å². The van der Waals surface area contributed by atoms with E-state index in [-0.39, 0.29) is 5.38 Å². The average Bonchev–Trinajstić information content (AvgIpc) is 2.90. The summed E-state index contributed by atoms with van der Waals surface area (Å²) in [6.45, 7) is 4.52. The minimum atomic E-state index is -0.0648. The molecule has 0 amide bonds. The summed E-state index contributed by atoms with van der Waals surface area (Å²) in [5.74, 6) is 1.58. The van der Waals surface area contributed by atoms with Crippen LogP contribution in [0.15, 0.2) is 36.4 Å². The highest BCUT2D eigenvalue weighted by Crippen LogP contribution is 2.36. The molecule has 1 aliphatic heterocycles. The normalized spacial score (nSPS) is 14.3. The van der Waals surface area contributed by atoms with E-state index in [1.165, 1.54) is 16.7 Å². The average molecular weight is 289 g/mol. The summed E-state index contributed by atoms with van der Waals surface area (Å²) in [4.78, 5) is 0. The van der Waals surface area contributed by atoms with Gasteiger partial charge in [-0.05, 0) is 49.1 Å². The molecule has 3 heteroatoms. The molecule has 2 nitrogen and oxygen atoms in total. The molecular formula is C17H17ClO2. The molecule has 0 spiro atoms. The lowest BCUT2D eigenvalue weighted by Gasteiger charge is -2.13. The van der Waals surface area contributed by atoms with Gasteiger partial charge in [0.2, 0.25) is 6.79 Å². The number of rotatable bonds is 3. The molecule has 0 aliphatic carbocycles. The molecule has 20 heavy (non-hydrogen) atoms. The quantitative estimate of drug-likeness (QED) is 0.771. The van der Waals surface area contributed by atoms with Crippen LogP contribution in [0.1, 0.15) is 27.6 Å². The number of fused-ring (bicyclic) bond motifs is 1. The van der Waals surface area contributed by atoms with Crippen molar-refractivity contribution in [2.24, 2.45) is 0 Å². The van der Waals surface area contributed by atoms with Crippen LogP contribution in [0.5, 0.6) is 11.5 Å². The Balaban J connectivity index is 1.82. The first-order chi connectivity index (χ1) is 9.63. The fraction of sp³-hybridized carbons (Fsp3) is 0.294. The number of aryl methyl sites for hydroxylation is 2. The highest BCUT2D eigenvalue weighted by Gasteiger charge is 2.17. The van der Waals surface area contributed by atoms with Gasteiger partial charge in [0.25, 0.3) is 0 Å². The number of hydrogen-bond acceptors (Lipinski definition) is 2. The molecule has 1 atom stereocenters. The first-order valence-electron chi connectivity index (χ1n) is 6.73. The Hall–Kier alpha value is -1.67. The third-order valence-electron chi connectivity index (χ3n) is 3.66. The Morgan fingerprint density at radius 1 is 1.05 bits per heavy atom. The zero-order valence-corrected chi connectivity index (χ0v) is 12.4. The lowest BCUT2D eigenvalue weighted by molar-refractivity contribution is 0.174. The summed E-state index contributed by atoms with van der Waals surface area (Å²) in [6.07, 6.45) is 0.814. The number of halogens is 1. The molecular weight excluding hydrogens is 272 g/mol. The molecule has 2 aromatic rings. The van der Waals surface area contributed by atoms with Crippen LogP contribution < -0.4 is 9.47 Å². The van der Waals surface area contributed by atoms with Crippen molar-refractivity contribution < 1.29 is 9.47 Å². The number of hydrogen-bond donors (Lipinski definition) is 0. The molecule has 2 aromatic carbocycles. The Morgan fingerprint density at radius 3 is 2.70 bits per heavy atom. The SMILES string of the molecule is Cc1ccc(C)c(CC(Cl)c2ccc3c(c2)OCO3)c1. The molecule has 1 unspecified atom stereocenters. The summed E-state index contributed by atoms with van der Waals surface area (Å²) in [6, 6.07) is 12.4. The Labute approximate surface area is 124 Å². The fourth-order valence-corrected chi connectivity index (χ4v) is 2.74. The van der Waals surface area contributed by atoms with Crippen LogP contribution in [0.2, 0.25) is 0 Å². The smallest absolute Gasteiger partial charge is 0.231 e. The van der Waals surface area contributed by atoms with Gasteiger partial charge < -0.3 is 9.47 Å². The molecule has 0 saturated carbocycles. The van der Waals surface area contributed by atoms with E-state index < -0.39 is 0 Å². The second kappa shape index (κ2) is 5.37. The van der Waals surface area contributed by atoms with Gasteiger partial charge in [-0.15, -0.1) is 11.6 Å². The van der Waals surface area contributed by atoms with Gasteiger partial charge in [0.1, 0.15) is 0 Å². The molecule has 0 N–H and O–H groups in total. The maximum atomic E-state index is 6.57. The third kappa shape index (κ3) is 2.61. The van der Waals surface area contributed by atoms with Gasteiger partial charge >= 0.3 is 0 Å². The zero-order chi connectivity index (χ0) is 14.1. The van der Waals surface area contributed by atoms with E-state index in [4.69, 9.17) is 21.1 Å². The molecule has 0 saturated heterocycles. The second-order valence-electron chi connectivity index (χ2n) is 5.21. The fourth-order valence-electron chi connectivity index (χ4n) is 2.44. The van der Waals surface area contributed by atoms with Gasteiger partial charge in [-0.2, -0.15) is 0 Å². The van der Waals surface area contributed by atoms with Crippen LogP contribution in [0.4, 0.5) is 0 Å². The van der Waals surface area contributed by atoms with Gasteiger partial charge in [-0.1, -0.05) is 29.8 Å². The lowest BCUT2D eigenvalue weighted by Crippen LogP contribution is -1.98. The highest BCUT2D eigenvalue weighted by atomic mass is 35.5. The number of ether oxygens (including phenoxy) is 2. The summed E-state index contributed by atoms with van der Waals surface area (Å²) in [7, 11) is 0. The second-order valence-corrected chi connectivity index (χ2v) is 5.74.